The highest BCUT2D eigenvalue weighted by molar-refractivity contribution is 8.24. The Labute approximate surface area is 237 Å². The lowest BCUT2D eigenvalue weighted by molar-refractivity contribution is -0.137. The lowest BCUT2D eigenvalue weighted by atomic mass is 10.1. The Bertz CT molecular complexity index is 1580. The van der Waals surface area contributed by atoms with Crippen molar-refractivity contribution in [3.8, 4) is 34.3 Å². The average Bonchev–Trinajstić information content (AvgIpc) is 3.70. The number of carbonyl (C=O) groups is 2. The number of carbonyl (C=O) groups excluding carboxylic acids is 2. The maximum atomic E-state index is 14.0. The number of nitrogens with one attached hydrogen (secondary N) is 2. The zero-order valence-corrected chi connectivity index (χ0v) is 22.4. The third kappa shape index (κ3) is 6.46. The Hall–Kier alpha value is -4.25. The van der Waals surface area contributed by atoms with Crippen LogP contribution < -0.4 is 10.6 Å². The van der Waals surface area contributed by atoms with E-state index in [-0.39, 0.29) is 28.5 Å². The molecule has 5 N–H and O–H groups in total. The fourth-order valence-corrected chi connectivity index (χ4v) is 6.09. The number of aliphatic hydroxyl groups is 1. The van der Waals surface area contributed by atoms with E-state index in [1.165, 1.54) is 36.4 Å². The number of hydrogen-bond acceptors (Lipinski definition) is 10. The number of hydrogen-bond donors (Lipinski definition) is 5. The van der Waals surface area contributed by atoms with Crippen molar-refractivity contribution in [3.05, 3.63) is 65.7 Å². The number of halogens is 3. The largest absolute Gasteiger partial charge is 0.422 e. The van der Waals surface area contributed by atoms with Crippen LogP contribution in [0.1, 0.15) is 23.7 Å². The summed E-state index contributed by atoms with van der Waals surface area (Å²) in [5.41, 5.74) is -0.940. The highest BCUT2D eigenvalue weighted by atomic mass is 32.3. The van der Waals surface area contributed by atoms with Gasteiger partial charge in [-0.3, -0.25) is 18.7 Å². The SMILES string of the molecule is O=C(CNC(=O)C(O)c1ccc(-c2noc(-c3onc(-c4ccccc4)c3C(F)(F)F)n2)cc1)NC1CCS(O)(O)C1. The Kier molecular flexibility index (Phi) is 8.05. The maximum Gasteiger partial charge on any atom is 0.422 e. The van der Waals surface area contributed by atoms with E-state index in [4.69, 9.17) is 9.05 Å². The zero-order valence-electron chi connectivity index (χ0n) is 21.5. The second-order valence-electron chi connectivity index (χ2n) is 9.49. The quantitative estimate of drug-likeness (QED) is 0.197. The van der Waals surface area contributed by atoms with Gasteiger partial charge in [0.15, 0.2) is 6.10 Å². The van der Waals surface area contributed by atoms with Gasteiger partial charge < -0.3 is 24.8 Å². The van der Waals surface area contributed by atoms with Gasteiger partial charge in [-0.1, -0.05) is 64.9 Å². The topological polar surface area (TPSA) is 184 Å². The molecule has 1 saturated heterocycles. The van der Waals surface area contributed by atoms with Crippen LogP contribution in [0, 0.1) is 0 Å². The molecule has 4 aromatic rings. The van der Waals surface area contributed by atoms with E-state index in [9.17, 15) is 37.0 Å². The lowest BCUT2D eigenvalue weighted by Gasteiger charge is -2.26. The van der Waals surface area contributed by atoms with E-state index in [0.29, 0.717) is 12.0 Å². The van der Waals surface area contributed by atoms with Gasteiger partial charge in [0.25, 0.3) is 11.8 Å². The van der Waals surface area contributed by atoms with Gasteiger partial charge in [0.2, 0.25) is 17.5 Å². The monoisotopic (exact) mass is 607 g/mol. The van der Waals surface area contributed by atoms with Crippen LogP contribution in [-0.2, 0) is 15.8 Å². The first-order valence-corrected chi connectivity index (χ1v) is 14.4. The van der Waals surface area contributed by atoms with Crippen LogP contribution in [0.3, 0.4) is 0 Å². The molecule has 0 saturated carbocycles. The number of aromatic nitrogens is 3. The van der Waals surface area contributed by atoms with Gasteiger partial charge >= 0.3 is 6.18 Å². The molecule has 1 fully saturated rings. The summed E-state index contributed by atoms with van der Waals surface area (Å²) in [5.74, 6) is -2.51. The van der Waals surface area contributed by atoms with Crippen LogP contribution >= 0.6 is 10.6 Å². The summed E-state index contributed by atoms with van der Waals surface area (Å²) in [6, 6.07) is 12.9. The summed E-state index contributed by atoms with van der Waals surface area (Å²) in [6.07, 6.45) is -6.06. The molecule has 12 nitrogen and oxygen atoms in total. The molecule has 0 aliphatic carbocycles. The number of rotatable bonds is 8. The van der Waals surface area contributed by atoms with Crippen molar-refractivity contribution >= 4 is 22.4 Å². The van der Waals surface area contributed by atoms with Crippen LogP contribution in [0.25, 0.3) is 34.3 Å². The molecular weight excluding hydrogens is 583 g/mol. The van der Waals surface area contributed by atoms with Gasteiger partial charge in [-0.05, 0) is 12.0 Å². The van der Waals surface area contributed by atoms with Gasteiger partial charge in [-0.25, -0.2) is 0 Å². The van der Waals surface area contributed by atoms with E-state index < -0.39 is 70.2 Å². The molecule has 0 bridgehead atoms. The van der Waals surface area contributed by atoms with Gasteiger partial charge in [-0.2, -0.15) is 28.7 Å². The summed E-state index contributed by atoms with van der Waals surface area (Å²) in [7, 11) is -2.69. The lowest BCUT2D eigenvalue weighted by Crippen LogP contribution is -2.43. The Balaban J connectivity index is 1.24. The summed E-state index contributed by atoms with van der Waals surface area (Å²) in [6.45, 7) is -0.428. The van der Waals surface area contributed by atoms with Crippen molar-refractivity contribution in [2.75, 3.05) is 18.1 Å². The highest BCUT2D eigenvalue weighted by Gasteiger charge is 2.43. The van der Waals surface area contributed by atoms with Crippen LogP contribution in [0.4, 0.5) is 13.2 Å². The Morgan fingerprint density at radius 2 is 1.74 bits per heavy atom. The highest BCUT2D eigenvalue weighted by Crippen LogP contribution is 2.45. The minimum atomic E-state index is -4.84. The molecular formula is C26H24F3N5O7S. The molecule has 0 radical (unpaired) electrons. The third-order valence-electron chi connectivity index (χ3n) is 6.43. The second kappa shape index (κ2) is 11.6. The molecule has 2 aromatic heterocycles. The molecule has 3 heterocycles. The molecule has 1 aliphatic rings. The maximum absolute atomic E-state index is 14.0. The van der Waals surface area contributed by atoms with Crippen molar-refractivity contribution in [3.63, 3.8) is 0 Å². The number of amides is 2. The minimum Gasteiger partial charge on any atom is -0.378 e. The van der Waals surface area contributed by atoms with Crippen LogP contribution in [0.15, 0.2) is 63.6 Å². The van der Waals surface area contributed by atoms with Gasteiger partial charge in [0.1, 0.15) is 11.3 Å². The van der Waals surface area contributed by atoms with Gasteiger partial charge in [-0.15, -0.1) is 0 Å². The fraction of sp³-hybridized carbons (Fsp3) is 0.269. The zero-order chi connectivity index (χ0) is 30.1. The summed E-state index contributed by atoms with van der Waals surface area (Å²) >= 11 is 0. The number of aliphatic hydroxyl groups excluding tert-OH is 1. The number of nitrogens with zero attached hydrogens (tertiary/aromatic N) is 3. The Morgan fingerprint density at radius 1 is 1.02 bits per heavy atom. The predicted molar refractivity (Wildman–Crippen MR) is 143 cm³/mol. The van der Waals surface area contributed by atoms with Crippen LogP contribution in [0.5, 0.6) is 0 Å². The van der Waals surface area contributed by atoms with E-state index in [1.807, 2.05) is 0 Å². The first kappa shape index (κ1) is 29.2. The molecule has 222 valence electrons. The number of benzene rings is 2. The predicted octanol–water partition coefficient (Wildman–Crippen LogP) is 3.87. The van der Waals surface area contributed by atoms with Crippen molar-refractivity contribution in [1.82, 2.24) is 25.9 Å². The van der Waals surface area contributed by atoms with Crippen LogP contribution in [-0.4, -0.2) is 65.4 Å². The van der Waals surface area contributed by atoms with E-state index in [1.54, 1.807) is 18.2 Å². The van der Waals surface area contributed by atoms with Crippen molar-refractivity contribution in [1.29, 1.82) is 0 Å². The first-order chi connectivity index (χ1) is 19.9. The molecule has 0 spiro atoms. The molecule has 42 heavy (non-hydrogen) atoms. The smallest absolute Gasteiger partial charge is 0.378 e. The summed E-state index contributed by atoms with van der Waals surface area (Å²) in [5, 5.41) is 22.6. The van der Waals surface area contributed by atoms with E-state index in [2.05, 4.69) is 25.9 Å². The molecule has 16 heteroatoms. The van der Waals surface area contributed by atoms with E-state index >= 15 is 0 Å². The molecule has 2 amide bonds. The second-order valence-corrected chi connectivity index (χ2v) is 11.8. The molecule has 5 rings (SSSR count). The van der Waals surface area contributed by atoms with Crippen molar-refractivity contribution < 1.29 is 46.0 Å². The average molecular weight is 608 g/mol. The molecule has 1 aliphatic heterocycles. The molecule has 2 unspecified atom stereocenters. The summed E-state index contributed by atoms with van der Waals surface area (Å²) in [4.78, 5) is 28.4. The third-order valence-corrected chi connectivity index (χ3v) is 8.25. The number of alkyl halides is 3. The van der Waals surface area contributed by atoms with Crippen molar-refractivity contribution in [2.45, 2.75) is 24.7 Å². The van der Waals surface area contributed by atoms with Gasteiger partial charge in [0, 0.05) is 22.9 Å². The molecule has 2 atom stereocenters. The normalized spacial score (nSPS) is 17.9. The van der Waals surface area contributed by atoms with Gasteiger partial charge in [0.05, 0.1) is 12.3 Å². The molecule has 2 aromatic carbocycles. The fourth-order valence-electron chi connectivity index (χ4n) is 4.37. The minimum absolute atomic E-state index is 0.0557. The Morgan fingerprint density at radius 3 is 2.38 bits per heavy atom. The van der Waals surface area contributed by atoms with E-state index in [0.717, 1.165) is 0 Å². The van der Waals surface area contributed by atoms with Crippen molar-refractivity contribution in [2.24, 2.45) is 0 Å². The van der Waals surface area contributed by atoms with Crippen LogP contribution in [0.2, 0.25) is 0 Å². The standard InChI is InChI=1S/C26H24F3N5O7S/c27-26(28,29)19-20(14-4-2-1-3-5-14)33-40-22(19)25-32-23(34-41-25)16-8-6-15(7-9-16)21(36)24(37)30-12-18(35)31-17-10-11-42(38,39)13-17/h1-9,17,21,36,38-39H,10-13H2,(H,30,37)(H,31,35). The summed E-state index contributed by atoms with van der Waals surface area (Å²) < 4.78 is 71.2. The first-order valence-electron chi connectivity index (χ1n) is 12.5.